The van der Waals surface area contributed by atoms with Crippen molar-refractivity contribution in [3.63, 3.8) is 0 Å². The lowest BCUT2D eigenvalue weighted by Crippen LogP contribution is -2.22. The lowest BCUT2D eigenvalue weighted by molar-refractivity contribution is 0.633. The third-order valence-corrected chi connectivity index (χ3v) is 4.83. The molecule has 108 valence electrons. The van der Waals surface area contributed by atoms with Gasteiger partial charge in [-0.3, -0.25) is 0 Å². The van der Waals surface area contributed by atoms with Gasteiger partial charge in [0.25, 0.3) is 0 Å². The molecule has 0 bridgehead atoms. The Bertz CT molecular complexity index is 556. The quantitative estimate of drug-likeness (QED) is 0.798. The van der Waals surface area contributed by atoms with Crippen molar-refractivity contribution in [2.75, 3.05) is 6.54 Å². The molecular formula is C18H25NS. The molecule has 1 N–H and O–H groups in total. The van der Waals surface area contributed by atoms with Crippen molar-refractivity contribution in [1.82, 2.24) is 5.32 Å². The molecule has 2 rings (SSSR count). The summed E-state index contributed by atoms with van der Waals surface area (Å²) in [6.07, 6.45) is 2.19. The molecule has 0 fully saturated rings. The van der Waals surface area contributed by atoms with E-state index in [1.165, 1.54) is 26.4 Å². The van der Waals surface area contributed by atoms with Gasteiger partial charge >= 0.3 is 0 Å². The first-order valence-electron chi connectivity index (χ1n) is 7.60. The fraction of sp³-hybridized carbons (Fsp3) is 0.444. The Kier molecular flexibility index (Phi) is 5.38. The molecule has 0 saturated heterocycles. The standard InChI is InChI=1S/C18H25NS/c1-5-14-9-10-15(6-2)16(12-14)18(19-7-3)17-11-8-13(4)20-17/h8-12,18-19H,5-7H2,1-4H3. The highest BCUT2D eigenvalue weighted by Gasteiger charge is 2.18. The summed E-state index contributed by atoms with van der Waals surface area (Å²) in [4.78, 5) is 2.81. The molecule has 0 saturated carbocycles. The summed E-state index contributed by atoms with van der Waals surface area (Å²) in [5.41, 5.74) is 4.34. The first-order valence-corrected chi connectivity index (χ1v) is 8.42. The van der Waals surface area contributed by atoms with Crippen molar-refractivity contribution < 1.29 is 0 Å². The van der Waals surface area contributed by atoms with Crippen LogP contribution in [0.25, 0.3) is 0 Å². The van der Waals surface area contributed by atoms with E-state index in [9.17, 15) is 0 Å². The van der Waals surface area contributed by atoms with Crippen LogP contribution in [0.1, 0.15) is 53.3 Å². The zero-order valence-corrected chi connectivity index (χ0v) is 13.8. The van der Waals surface area contributed by atoms with E-state index in [-0.39, 0.29) is 0 Å². The highest BCUT2D eigenvalue weighted by Crippen LogP contribution is 2.31. The Hall–Kier alpha value is -1.12. The van der Waals surface area contributed by atoms with Gasteiger partial charge in [-0.15, -0.1) is 11.3 Å². The Balaban J connectivity index is 2.47. The molecule has 0 aliphatic carbocycles. The maximum atomic E-state index is 3.66. The molecule has 2 heteroatoms. The number of nitrogens with one attached hydrogen (secondary N) is 1. The molecule has 0 spiro atoms. The minimum Gasteiger partial charge on any atom is -0.306 e. The molecule has 0 aliphatic rings. The van der Waals surface area contributed by atoms with Crippen LogP contribution in [0, 0.1) is 6.92 Å². The monoisotopic (exact) mass is 287 g/mol. The zero-order chi connectivity index (χ0) is 14.5. The Morgan fingerprint density at radius 2 is 1.85 bits per heavy atom. The van der Waals surface area contributed by atoms with Crippen LogP contribution in [0.2, 0.25) is 0 Å². The molecule has 1 heterocycles. The number of hydrogen-bond donors (Lipinski definition) is 1. The van der Waals surface area contributed by atoms with Gasteiger partial charge in [0.05, 0.1) is 6.04 Å². The minimum atomic E-state index is 0.333. The predicted molar refractivity (Wildman–Crippen MR) is 89.8 cm³/mol. The Labute approximate surface area is 127 Å². The summed E-state index contributed by atoms with van der Waals surface area (Å²) in [7, 11) is 0. The number of hydrogen-bond acceptors (Lipinski definition) is 2. The van der Waals surface area contributed by atoms with E-state index in [1.807, 2.05) is 11.3 Å². The molecule has 1 aromatic heterocycles. The van der Waals surface area contributed by atoms with Crippen molar-refractivity contribution in [3.05, 3.63) is 56.8 Å². The summed E-state index contributed by atoms with van der Waals surface area (Å²) in [6.45, 7) is 9.82. The van der Waals surface area contributed by atoms with Crippen molar-refractivity contribution in [2.45, 2.75) is 46.6 Å². The van der Waals surface area contributed by atoms with Gasteiger partial charge in [0.15, 0.2) is 0 Å². The van der Waals surface area contributed by atoms with E-state index < -0.39 is 0 Å². The Morgan fingerprint density at radius 3 is 2.40 bits per heavy atom. The number of benzene rings is 1. The second-order valence-corrected chi connectivity index (χ2v) is 6.50. The van der Waals surface area contributed by atoms with Crippen molar-refractivity contribution in [3.8, 4) is 0 Å². The first kappa shape index (κ1) is 15.3. The summed E-state index contributed by atoms with van der Waals surface area (Å²) >= 11 is 1.90. The smallest absolute Gasteiger partial charge is 0.0673 e. The molecule has 1 aromatic carbocycles. The van der Waals surface area contributed by atoms with E-state index >= 15 is 0 Å². The molecule has 1 nitrogen and oxygen atoms in total. The van der Waals surface area contributed by atoms with E-state index in [1.54, 1.807) is 0 Å². The molecular weight excluding hydrogens is 262 g/mol. The second kappa shape index (κ2) is 7.05. The summed E-state index contributed by atoms with van der Waals surface area (Å²) in [5.74, 6) is 0. The zero-order valence-electron chi connectivity index (χ0n) is 13.0. The molecule has 1 unspecified atom stereocenters. The van der Waals surface area contributed by atoms with Crippen LogP contribution < -0.4 is 5.32 Å². The summed E-state index contributed by atoms with van der Waals surface area (Å²) in [6, 6.07) is 11.8. The van der Waals surface area contributed by atoms with Crippen LogP contribution >= 0.6 is 11.3 Å². The lowest BCUT2D eigenvalue weighted by atomic mass is 9.94. The van der Waals surface area contributed by atoms with Gasteiger partial charge < -0.3 is 5.32 Å². The fourth-order valence-electron chi connectivity index (χ4n) is 2.63. The molecule has 0 aliphatic heterocycles. The van der Waals surface area contributed by atoms with Gasteiger partial charge in [-0.25, -0.2) is 0 Å². The second-order valence-electron chi connectivity index (χ2n) is 5.18. The summed E-state index contributed by atoms with van der Waals surface area (Å²) < 4.78 is 0. The molecule has 0 amide bonds. The number of rotatable bonds is 6. The fourth-order valence-corrected chi connectivity index (χ4v) is 3.60. The van der Waals surface area contributed by atoms with Crippen LogP contribution in [0.5, 0.6) is 0 Å². The maximum absolute atomic E-state index is 3.66. The van der Waals surface area contributed by atoms with Crippen molar-refractivity contribution >= 4 is 11.3 Å². The SMILES string of the molecule is CCNC(c1ccc(C)s1)c1cc(CC)ccc1CC. The van der Waals surface area contributed by atoms with Crippen LogP contribution in [0.15, 0.2) is 30.3 Å². The highest BCUT2D eigenvalue weighted by atomic mass is 32.1. The normalized spacial score (nSPS) is 12.6. The molecule has 20 heavy (non-hydrogen) atoms. The van der Waals surface area contributed by atoms with E-state index in [0.717, 1.165) is 19.4 Å². The molecule has 1 atom stereocenters. The third-order valence-electron chi connectivity index (χ3n) is 3.76. The van der Waals surface area contributed by atoms with Gasteiger partial charge in [-0.1, -0.05) is 39.0 Å². The van der Waals surface area contributed by atoms with Crippen LogP contribution in [-0.4, -0.2) is 6.54 Å². The van der Waals surface area contributed by atoms with Gasteiger partial charge in [-0.2, -0.15) is 0 Å². The average molecular weight is 287 g/mol. The van der Waals surface area contributed by atoms with Crippen molar-refractivity contribution in [1.29, 1.82) is 0 Å². The van der Waals surface area contributed by atoms with E-state index in [2.05, 4.69) is 63.3 Å². The van der Waals surface area contributed by atoms with Gasteiger partial charge in [0.1, 0.15) is 0 Å². The highest BCUT2D eigenvalue weighted by molar-refractivity contribution is 7.12. The topological polar surface area (TPSA) is 12.0 Å². The minimum absolute atomic E-state index is 0.333. The van der Waals surface area contributed by atoms with Gasteiger partial charge in [0, 0.05) is 9.75 Å². The predicted octanol–water partition coefficient (Wildman–Crippen LogP) is 4.88. The van der Waals surface area contributed by atoms with E-state index in [4.69, 9.17) is 0 Å². The molecule has 2 aromatic rings. The summed E-state index contributed by atoms with van der Waals surface area (Å²) in [5, 5.41) is 3.66. The average Bonchev–Trinajstić information content (AvgIpc) is 2.90. The lowest BCUT2D eigenvalue weighted by Gasteiger charge is -2.21. The van der Waals surface area contributed by atoms with Gasteiger partial charge in [0.2, 0.25) is 0 Å². The number of aryl methyl sites for hydroxylation is 3. The first-order chi connectivity index (χ1) is 9.69. The van der Waals surface area contributed by atoms with Gasteiger partial charge in [-0.05, 0) is 55.1 Å². The Morgan fingerprint density at radius 1 is 1.05 bits per heavy atom. The largest absolute Gasteiger partial charge is 0.306 e. The van der Waals surface area contributed by atoms with Crippen LogP contribution in [-0.2, 0) is 12.8 Å². The molecule has 0 radical (unpaired) electrons. The van der Waals surface area contributed by atoms with Crippen LogP contribution in [0.3, 0.4) is 0 Å². The van der Waals surface area contributed by atoms with E-state index in [0.29, 0.717) is 6.04 Å². The van der Waals surface area contributed by atoms with Crippen molar-refractivity contribution in [2.24, 2.45) is 0 Å². The third kappa shape index (κ3) is 3.31. The van der Waals surface area contributed by atoms with Crippen LogP contribution in [0.4, 0.5) is 0 Å². The maximum Gasteiger partial charge on any atom is 0.0673 e. The number of thiophene rings is 1.